The van der Waals surface area contributed by atoms with Crippen LogP contribution in [0.15, 0.2) is 71.7 Å². The van der Waals surface area contributed by atoms with Crippen molar-refractivity contribution in [2.24, 2.45) is 4.99 Å². The molecule has 1 saturated heterocycles. The van der Waals surface area contributed by atoms with Gasteiger partial charge >= 0.3 is 0 Å². The molecule has 1 aliphatic heterocycles. The highest BCUT2D eigenvalue weighted by molar-refractivity contribution is 8.15. The predicted octanol–water partition coefficient (Wildman–Crippen LogP) is 5.01. The zero-order chi connectivity index (χ0) is 26.4. The van der Waals surface area contributed by atoms with E-state index in [-0.39, 0.29) is 24.8 Å². The minimum absolute atomic E-state index is 0.0177. The monoisotopic (exact) mass is 523 g/mol. The molecule has 37 heavy (non-hydrogen) atoms. The van der Waals surface area contributed by atoms with Gasteiger partial charge in [0.1, 0.15) is 16.8 Å². The minimum atomic E-state index is -0.709. The standard InChI is InChI=1S/C27H26FN3O5S/c1-34-21-6-4-5-20(14-21)29-26(33)24-15-25(32)31(16-17-7-12-22(35-2)23(13-17)36-3)27(37-24)30-19-10-8-18(28)9-11-19/h4-14,24H,15-16H2,1-3H3,(H,29,33). The number of ether oxygens (including phenoxy) is 3. The number of amides is 2. The van der Waals surface area contributed by atoms with Crippen LogP contribution in [0, 0.1) is 5.82 Å². The molecule has 192 valence electrons. The van der Waals surface area contributed by atoms with E-state index in [4.69, 9.17) is 14.2 Å². The number of rotatable bonds is 8. The van der Waals surface area contributed by atoms with Crippen LogP contribution in [-0.4, -0.2) is 48.5 Å². The number of carbonyl (C=O) groups is 2. The van der Waals surface area contributed by atoms with Crippen molar-refractivity contribution in [2.75, 3.05) is 26.6 Å². The number of aliphatic imine (C=N–C) groups is 1. The SMILES string of the molecule is COc1cccc(NC(=O)C2CC(=O)N(Cc3ccc(OC)c(OC)c3)C(=Nc3ccc(F)cc3)S2)c1. The molecule has 4 rings (SSSR count). The van der Waals surface area contributed by atoms with Crippen molar-refractivity contribution >= 4 is 40.1 Å². The summed E-state index contributed by atoms with van der Waals surface area (Å²) in [5, 5.41) is 2.47. The second-order valence-electron chi connectivity index (χ2n) is 8.07. The van der Waals surface area contributed by atoms with Crippen LogP contribution >= 0.6 is 11.8 Å². The molecule has 0 saturated carbocycles. The van der Waals surface area contributed by atoms with Crippen LogP contribution in [0.2, 0.25) is 0 Å². The quantitative estimate of drug-likeness (QED) is 0.446. The molecule has 0 aromatic heterocycles. The summed E-state index contributed by atoms with van der Waals surface area (Å²) in [5.41, 5.74) is 1.81. The molecule has 3 aromatic carbocycles. The molecular formula is C27H26FN3O5S. The summed E-state index contributed by atoms with van der Waals surface area (Å²) in [6, 6.07) is 18.0. The molecule has 1 atom stereocenters. The molecule has 0 radical (unpaired) electrons. The van der Waals surface area contributed by atoms with Gasteiger partial charge in [0.15, 0.2) is 16.7 Å². The lowest BCUT2D eigenvalue weighted by Crippen LogP contribution is -2.44. The fraction of sp³-hybridized carbons (Fsp3) is 0.222. The first kappa shape index (κ1) is 26.0. The van der Waals surface area contributed by atoms with Crippen molar-refractivity contribution in [3.8, 4) is 17.2 Å². The van der Waals surface area contributed by atoms with Crippen molar-refractivity contribution < 1.29 is 28.2 Å². The number of amidine groups is 1. The second-order valence-corrected chi connectivity index (χ2v) is 9.24. The van der Waals surface area contributed by atoms with Gasteiger partial charge in [-0.05, 0) is 54.1 Å². The van der Waals surface area contributed by atoms with Crippen LogP contribution in [0.5, 0.6) is 17.2 Å². The number of nitrogens with one attached hydrogen (secondary N) is 1. The van der Waals surface area contributed by atoms with Crippen molar-refractivity contribution in [3.05, 3.63) is 78.1 Å². The van der Waals surface area contributed by atoms with E-state index in [9.17, 15) is 14.0 Å². The highest BCUT2D eigenvalue weighted by atomic mass is 32.2. The summed E-state index contributed by atoms with van der Waals surface area (Å²) in [4.78, 5) is 32.5. The number of benzene rings is 3. The van der Waals surface area contributed by atoms with Gasteiger partial charge in [0.05, 0.1) is 33.6 Å². The normalized spacial score (nSPS) is 16.4. The number of halogens is 1. The number of hydrogen-bond donors (Lipinski definition) is 1. The van der Waals surface area contributed by atoms with Crippen LogP contribution < -0.4 is 19.5 Å². The lowest BCUT2D eigenvalue weighted by atomic mass is 10.1. The maximum atomic E-state index is 13.5. The molecule has 1 N–H and O–H groups in total. The summed E-state index contributed by atoms with van der Waals surface area (Å²) in [5.74, 6) is 0.716. The number of nitrogens with zero attached hydrogens (tertiary/aromatic N) is 2. The zero-order valence-corrected chi connectivity index (χ0v) is 21.4. The Balaban J connectivity index is 1.61. The van der Waals surface area contributed by atoms with E-state index in [2.05, 4.69) is 10.3 Å². The lowest BCUT2D eigenvalue weighted by Gasteiger charge is -2.32. The van der Waals surface area contributed by atoms with Crippen LogP contribution in [0.1, 0.15) is 12.0 Å². The topological polar surface area (TPSA) is 89.5 Å². The van der Waals surface area contributed by atoms with Gasteiger partial charge in [-0.2, -0.15) is 0 Å². The maximum absolute atomic E-state index is 13.5. The summed E-state index contributed by atoms with van der Waals surface area (Å²) in [6.07, 6.45) is -0.0177. The van der Waals surface area contributed by atoms with Gasteiger partial charge in [0.25, 0.3) is 0 Å². The zero-order valence-electron chi connectivity index (χ0n) is 20.6. The molecule has 0 spiro atoms. The number of carbonyl (C=O) groups excluding carboxylic acids is 2. The molecule has 1 fully saturated rings. The first-order chi connectivity index (χ1) is 17.9. The summed E-state index contributed by atoms with van der Waals surface area (Å²) < 4.78 is 29.4. The summed E-state index contributed by atoms with van der Waals surface area (Å²) >= 11 is 1.18. The van der Waals surface area contributed by atoms with Crippen LogP contribution in [0.25, 0.3) is 0 Å². The molecule has 3 aromatic rings. The molecule has 10 heteroatoms. The fourth-order valence-corrected chi connectivity index (χ4v) is 4.81. The first-order valence-corrected chi connectivity index (χ1v) is 12.2. The maximum Gasteiger partial charge on any atom is 0.238 e. The summed E-state index contributed by atoms with van der Waals surface area (Å²) in [6.45, 7) is 0.205. The van der Waals surface area contributed by atoms with E-state index >= 15 is 0 Å². The van der Waals surface area contributed by atoms with Gasteiger partial charge in [-0.15, -0.1) is 0 Å². The Hall–Kier alpha value is -4.05. The second kappa shape index (κ2) is 11.8. The highest BCUT2D eigenvalue weighted by Gasteiger charge is 2.36. The third-order valence-electron chi connectivity index (χ3n) is 5.61. The average Bonchev–Trinajstić information content (AvgIpc) is 2.91. The molecule has 1 aliphatic rings. The van der Waals surface area contributed by atoms with Crippen molar-refractivity contribution in [1.82, 2.24) is 4.90 Å². The van der Waals surface area contributed by atoms with E-state index < -0.39 is 11.1 Å². The largest absolute Gasteiger partial charge is 0.497 e. The van der Waals surface area contributed by atoms with Crippen molar-refractivity contribution in [1.29, 1.82) is 0 Å². The van der Waals surface area contributed by atoms with Crippen molar-refractivity contribution in [3.63, 3.8) is 0 Å². The number of methoxy groups -OCH3 is 3. The van der Waals surface area contributed by atoms with Gasteiger partial charge in [0, 0.05) is 18.2 Å². The molecule has 2 amide bonds. The third-order valence-corrected chi connectivity index (χ3v) is 6.80. The molecular weight excluding hydrogens is 497 g/mol. The molecule has 8 nitrogen and oxygen atoms in total. The minimum Gasteiger partial charge on any atom is -0.497 e. The smallest absolute Gasteiger partial charge is 0.238 e. The van der Waals surface area contributed by atoms with E-state index in [1.54, 1.807) is 50.6 Å². The Morgan fingerprint density at radius 2 is 1.78 bits per heavy atom. The predicted molar refractivity (Wildman–Crippen MR) is 141 cm³/mol. The van der Waals surface area contributed by atoms with E-state index in [0.717, 1.165) is 5.56 Å². The Kier molecular flexibility index (Phi) is 8.29. The van der Waals surface area contributed by atoms with Gasteiger partial charge in [-0.1, -0.05) is 23.9 Å². The average molecular weight is 524 g/mol. The van der Waals surface area contributed by atoms with Gasteiger partial charge in [0.2, 0.25) is 11.8 Å². The van der Waals surface area contributed by atoms with Crippen molar-refractivity contribution in [2.45, 2.75) is 18.2 Å². The molecule has 1 heterocycles. The van der Waals surface area contributed by atoms with Gasteiger partial charge < -0.3 is 19.5 Å². The fourth-order valence-electron chi connectivity index (χ4n) is 3.71. The summed E-state index contributed by atoms with van der Waals surface area (Å²) in [7, 11) is 4.63. The Bertz CT molecular complexity index is 1320. The lowest BCUT2D eigenvalue weighted by molar-refractivity contribution is -0.129. The van der Waals surface area contributed by atoms with Gasteiger partial charge in [-0.25, -0.2) is 9.38 Å². The number of anilines is 1. The highest BCUT2D eigenvalue weighted by Crippen LogP contribution is 2.33. The van der Waals surface area contributed by atoms with E-state index in [1.807, 2.05) is 6.07 Å². The Labute approximate surface area is 218 Å². The number of thioether (sulfide) groups is 1. The van der Waals surface area contributed by atoms with Crippen LogP contribution in [0.4, 0.5) is 15.8 Å². The first-order valence-electron chi connectivity index (χ1n) is 11.4. The Morgan fingerprint density at radius 3 is 2.49 bits per heavy atom. The van der Waals surface area contributed by atoms with Gasteiger partial charge in [-0.3, -0.25) is 14.5 Å². The molecule has 0 aliphatic carbocycles. The third kappa shape index (κ3) is 6.39. The molecule has 0 bridgehead atoms. The van der Waals surface area contributed by atoms with Crippen LogP contribution in [-0.2, 0) is 16.1 Å². The van der Waals surface area contributed by atoms with E-state index in [1.165, 1.54) is 48.0 Å². The van der Waals surface area contributed by atoms with Crippen LogP contribution in [0.3, 0.4) is 0 Å². The molecule has 1 unspecified atom stereocenters. The Morgan fingerprint density at radius 1 is 1.03 bits per heavy atom. The number of hydrogen-bond acceptors (Lipinski definition) is 7. The van der Waals surface area contributed by atoms with E-state index in [0.29, 0.717) is 33.8 Å².